The summed E-state index contributed by atoms with van der Waals surface area (Å²) in [6.45, 7) is 4.40. The van der Waals surface area contributed by atoms with Crippen LogP contribution in [0.3, 0.4) is 0 Å². The Morgan fingerprint density at radius 1 is 0.897 bits per heavy atom. The molecule has 0 unspecified atom stereocenters. The maximum absolute atomic E-state index is 6.11. The average molecular weight is 444 g/mol. The molecule has 0 bridgehead atoms. The zero-order chi connectivity index (χ0) is 20.2. The Balaban J connectivity index is 1.70. The van der Waals surface area contributed by atoms with Crippen LogP contribution in [0.15, 0.2) is 54.7 Å². The van der Waals surface area contributed by atoms with Crippen LogP contribution in [0.4, 0.5) is 0 Å². The molecule has 4 rings (SSSR count). The molecule has 0 radical (unpaired) electrons. The molecule has 150 valence electrons. The van der Waals surface area contributed by atoms with E-state index in [0.29, 0.717) is 16.0 Å². The van der Waals surface area contributed by atoms with Gasteiger partial charge in [0.05, 0.1) is 17.1 Å². The van der Waals surface area contributed by atoms with Crippen molar-refractivity contribution in [3.63, 3.8) is 0 Å². The Hall–Kier alpha value is -1.59. The smallest absolute Gasteiger partial charge is 0.0968 e. The molecule has 0 amide bonds. The van der Waals surface area contributed by atoms with E-state index in [4.69, 9.17) is 33.2 Å². The predicted molar refractivity (Wildman–Crippen MR) is 125 cm³/mol. The molecule has 1 fully saturated rings. The molecule has 0 aliphatic carbocycles. The molecule has 2 aromatic carbocycles. The van der Waals surface area contributed by atoms with Crippen molar-refractivity contribution in [1.82, 2.24) is 14.3 Å². The number of halogens is 2. The van der Waals surface area contributed by atoms with Gasteiger partial charge < -0.3 is 0 Å². The summed E-state index contributed by atoms with van der Waals surface area (Å²) >= 11 is 14.1. The second-order valence-electron chi connectivity index (χ2n) is 7.13. The van der Waals surface area contributed by atoms with E-state index in [0.717, 1.165) is 59.9 Å². The third kappa shape index (κ3) is 4.95. The fourth-order valence-corrected chi connectivity index (χ4v) is 4.78. The molecule has 6 heteroatoms. The highest BCUT2D eigenvalue weighted by Gasteiger charge is 2.23. The summed E-state index contributed by atoms with van der Waals surface area (Å²) in [6.07, 6.45) is 4.18. The van der Waals surface area contributed by atoms with E-state index in [-0.39, 0.29) is 0 Å². The fourth-order valence-electron chi connectivity index (χ4n) is 3.69. The maximum Gasteiger partial charge on any atom is 0.0968 e. The van der Waals surface area contributed by atoms with Crippen LogP contribution in [0.25, 0.3) is 22.5 Å². The number of aromatic nitrogens is 2. The van der Waals surface area contributed by atoms with Gasteiger partial charge in [0.15, 0.2) is 0 Å². The lowest BCUT2D eigenvalue weighted by Crippen LogP contribution is -2.28. The summed E-state index contributed by atoms with van der Waals surface area (Å²) in [4.78, 5) is 9.95. The first-order chi connectivity index (χ1) is 14.1. The second-order valence-corrected chi connectivity index (χ2v) is 9.35. The Bertz CT molecular complexity index is 953. The van der Waals surface area contributed by atoms with Gasteiger partial charge in [-0.1, -0.05) is 66.3 Å². The quantitative estimate of drug-likeness (QED) is 0.398. The molecule has 1 aliphatic heterocycles. The minimum atomic E-state index is 0.446. The van der Waals surface area contributed by atoms with Crippen molar-refractivity contribution in [2.24, 2.45) is 0 Å². The molecular weight excluding hydrogens is 421 g/mol. The highest BCUT2D eigenvalue weighted by Crippen LogP contribution is 2.34. The summed E-state index contributed by atoms with van der Waals surface area (Å²) < 4.78 is 2.46. The second kappa shape index (κ2) is 9.48. The van der Waals surface area contributed by atoms with Gasteiger partial charge in [-0.3, -0.25) is 9.29 Å². The van der Waals surface area contributed by atoms with Crippen LogP contribution in [0.2, 0.25) is 10.0 Å². The van der Waals surface area contributed by atoms with Gasteiger partial charge in [0.25, 0.3) is 0 Å². The van der Waals surface area contributed by atoms with Crippen LogP contribution in [-0.4, -0.2) is 33.1 Å². The Kier molecular flexibility index (Phi) is 6.76. The molecule has 0 spiro atoms. The Morgan fingerprint density at radius 2 is 1.45 bits per heavy atom. The lowest BCUT2D eigenvalue weighted by molar-refractivity contribution is 0.342. The van der Waals surface area contributed by atoms with E-state index in [2.05, 4.69) is 11.2 Å². The molecule has 1 aromatic heterocycles. The van der Waals surface area contributed by atoms with Crippen LogP contribution >= 0.6 is 35.1 Å². The number of piperidine rings is 1. The Morgan fingerprint density at radius 3 is 2.00 bits per heavy atom. The molecule has 3 aromatic rings. The van der Waals surface area contributed by atoms with Crippen molar-refractivity contribution in [1.29, 1.82) is 0 Å². The zero-order valence-electron chi connectivity index (χ0n) is 16.3. The topological polar surface area (TPSA) is 29.0 Å². The van der Waals surface area contributed by atoms with Crippen LogP contribution in [0.5, 0.6) is 0 Å². The van der Waals surface area contributed by atoms with Crippen LogP contribution in [0, 0.1) is 0 Å². The molecule has 2 heterocycles. The van der Waals surface area contributed by atoms with Gasteiger partial charge in [-0.25, -0.2) is 4.98 Å². The summed E-state index contributed by atoms with van der Waals surface area (Å²) in [5.74, 6) is 1.57. The summed E-state index contributed by atoms with van der Waals surface area (Å²) in [6, 6.07) is 15.6. The van der Waals surface area contributed by atoms with Crippen molar-refractivity contribution in [2.75, 3.05) is 18.8 Å². The first kappa shape index (κ1) is 20.7. The zero-order valence-corrected chi connectivity index (χ0v) is 18.6. The molecule has 0 saturated carbocycles. The lowest BCUT2D eigenvalue weighted by atomic mass is 9.94. The molecule has 29 heavy (non-hydrogen) atoms. The first-order valence-electron chi connectivity index (χ1n) is 9.90. The van der Waals surface area contributed by atoms with Gasteiger partial charge in [0.2, 0.25) is 0 Å². The monoisotopic (exact) mass is 443 g/mol. The van der Waals surface area contributed by atoms with E-state index < -0.39 is 0 Å². The highest BCUT2D eigenvalue weighted by atomic mass is 35.5. The fraction of sp³-hybridized carbons (Fsp3) is 0.304. The minimum Gasteiger partial charge on any atom is -0.252 e. The van der Waals surface area contributed by atoms with E-state index in [9.17, 15) is 0 Å². The first-order valence-corrected chi connectivity index (χ1v) is 11.6. The molecular formula is C23H23Cl2N3S. The highest BCUT2D eigenvalue weighted by molar-refractivity contribution is 7.96. The van der Waals surface area contributed by atoms with E-state index >= 15 is 0 Å². The lowest BCUT2D eigenvalue weighted by Gasteiger charge is -2.30. The molecule has 3 nitrogen and oxygen atoms in total. The normalized spacial score (nSPS) is 15.6. The van der Waals surface area contributed by atoms with Crippen molar-refractivity contribution < 1.29 is 0 Å². The minimum absolute atomic E-state index is 0.446. The Labute approximate surface area is 186 Å². The largest absolute Gasteiger partial charge is 0.252 e. The third-order valence-corrected chi connectivity index (χ3v) is 6.70. The van der Waals surface area contributed by atoms with Crippen LogP contribution < -0.4 is 0 Å². The molecule has 0 N–H and O–H groups in total. The van der Waals surface area contributed by atoms with Gasteiger partial charge in [-0.05, 0) is 37.1 Å². The number of hydrogen-bond acceptors (Lipinski definition) is 4. The number of rotatable bonds is 5. The van der Waals surface area contributed by atoms with Gasteiger partial charge in [0, 0.05) is 52.1 Å². The number of benzene rings is 2. The summed E-state index contributed by atoms with van der Waals surface area (Å²) in [5.41, 5.74) is 4.87. The predicted octanol–water partition coefficient (Wildman–Crippen LogP) is 6.96. The molecule has 1 saturated heterocycles. The number of hydrogen-bond donors (Lipinski definition) is 0. The van der Waals surface area contributed by atoms with Crippen molar-refractivity contribution in [3.8, 4) is 22.5 Å². The SMILES string of the molecule is CCSN1CCC(c2cnc(-c3ccc(Cl)cc3)c(-c3ccc(Cl)cc3)n2)CC1. The van der Waals surface area contributed by atoms with E-state index in [1.807, 2.05) is 66.7 Å². The van der Waals surface area contributed by atoms with Gasteiger partial charge in [-0.2, -0.15) is 0 Å². The maximum atomic E-state index is 6.11. The third-order valence-electron chi connectivity index (χ3n) is 5.21. The number of nitrogens with zero attached hydrogens (tertiary/aromatic N) is 3. The van der Waals surface area contributed by atoms with E-state index in [1.54, 1.807) is 0 Å². The van der Waals surface area contributed by atoms with Gasteiger partial charge in [-0.15, -0.1) is 0 Å². The van der Waals surface area contributed by atoms with Crippen molar-refractivity contribution in [3.05, 3.63) is 70.5 Å². The summed E-state index contributed by atoms with van der Waals surface area (Å²) in [7, 11) is 0. The van der Waals surface area contributed by atoms with Crippen LogP contribution in [0.1, 0.15) is 31.4 Å². The van der Waals surface area contributed by atoms with Gasteiger partial charge in [0.1, 0.15) is 0 Å². The molecule has 0 atom stereocenters. The van der Waals surface area contributed by atoms with Gasteiger partial charge >= 0.3 is 0 Å². The summed E-state index contributed by atoms with van der Waals surface area (Å²) in [5, 5.41) is 1.43. The standard InChI is InChI=1S/C23H23Cl2N3S/c1-2-29-28-13-11-16(12-14-28)21-15-26-22(17-3-7-19(24)8-4-17)23(27-21)18-5-9-20(25)10-6-18/h3-10,15-16H,2,11-14H2,1H3. The van der Waals surface area contributed by atoms with Crippen molar-refractivity contribution in [2.45, 2.75) is 25.7 Å². The average Bonchev–Trinajstić information content (AvgIpc) is 2.75. The van der Waals surface area contributed by atoms with E-state index in [1.165, 1.54) is 0 Å². The van der Waals surface area contributed by atoms with Crippen LogP contribution in [-0.2, 0) is 0 Å². The molecule has 1 aliphatic rings. The van der Waals surface area contributed by atoms with Crippen molar-refractivity contribution >= 4 is 35.1 Å².